The van der Waals surface area contributed by atoms with Crippen LogP contribution < -0.4 is 15.0 Å². The number of rotatable bonds is 10. The van der Waals surface area contributed by atoms with Crippen molar-refractivity contribution in [3.05, 3.63) is 58.9 Å². The lowest BCUT2D eigenvalue weighted by molar-refractivity contribution is 0.0945. The van der Waals surface area contributed by atoms with E-state index in [1.54, 1.807) is 12.1 Å². The quantitative estimate of drug-likeness (QED) is 0.441. The van der Waals surface area contributed by atoms with Crippen LogP contribution in [0.3, 0.4) is 0 Å². The van der Waals surface area contributed by atoms with E-state index in [-0.39, 0.29) is 10.6 Å². The standard InChI is InChI=1S/C19H22ClFN2O4S/c1-2-3-4-5-12-27-16-9-6-14(7-10-16)19(24)22-23-28(25,26)18-11-8-15(20)13-17(18)21/h6-11,13,23H,2-5,12H2,1H3,(H,22,24). The molecule has 0 aliphatic heterocycles. The average Bonchev–Trinajstić information content (AvgIpc) is 2.66. The highest BCUT2D eigenvalue weighted by Crippen LogP contribution is 2.18. The van der Waals surface area contributed by atoms with Crippen molar-refractivity contribution < 1.29 is 22.3 Å². The topological polar surface area (TPSA) is 84.5 Å². The van der Waals surface area contributed by atoms with Crippen LogP contribution in [0.25, 0.3) is 0 Å². The van der Waals surface area contributed by atoms with E-state index < -0.39 is 26.6 Å². The highest BCUT2D eigenvalue weighted by molar-refractivity contribution is 7.89. The number of ether oxygens (including phenoxy) is 1. The normalized spacial score (nSPS) is 11.2. The first-order valence-electron chi connectivity index (χ1n) is 8.83. The molecule has 0 atom stereocenters. The molecule has 1 amide bonds. The van der Waals surface area contributed by atoms with Gasteiger partial charge in [0.1, 0.15) is 16.5 Å². The first kappa shape index (κ1) is 22.1. The van der Waals surface area contributed by atoms with Gasteiger partial charge < -0.3 is 4.74 Å². The Hall–Kier alpha value is -2.16. The first-order chi connectivity index (χ1) is 13.3. The van der Waals surface area contributed by atoms with Gasteiger partial charge in [0.15, 0.2) is 0 Å². The summed E-state index contributed by atoms with van der Waals surface area (Å²) in [5.74, 6) is -1.08. The van der Waals surface area contributed by atoms with Gasteiger partial charge in [-0.3, -0.25) is 10.2 Å². The van der Waals surface area contributed by atoms with Crippen LogP contribution in [0.4, 0.5) is 4.39 Å². The molecule has 2 aromatic rings. The summed E-state index contributed by atoms with van der Waals surface area (Å²) in [5, 5.41) is 0.0631. The Labute approximate surface area is 169 Å². The Kier molecular flexibility index (Phi) is 8.22. The second-order valence-corrected chi connectivity index (χ2v) is 8.16. The lowest BCUT2D eigenvalue weighted by atomic mass is 10.2. The Balaban J connectivity index is 1.90. The number of nitrogens with one attached hydrogen (secondary N) is 2. The molecule has 0 unspecified atom stereocenters. The Morgan fingerprint density at radius 2 is 1.82 bits per heavy atom. The molecule has 0 radical (unpaired) electrons. The smallest absolute Gasteiger partial charge is 0.266 e. The molecule has 0 bridgehead atoms. The number of carbonyl (C=O) groups is 1. The van der Waals surface area contributed by atoms with Gasteiger partial charge in [-0.1, -0.05) is 37.8 Å². The van der Waals surface area contributed by atoms with Crippen molar-refractivity contribution >= 4 is 27.5 Å². The van der Waals surface area contributed by atoms with Crippen LogP contribution in [0.15, 0.2) is 47.4 Å². The number of benzene rings is 2. The molecule has 152 valence electrons. The molecule has 2 N–H and O–H groups in total. The number of unbranched alkanes of at least 4 members (excludes halogenated alkanes) is 3. The molecule has 0 heterocycles. The van der Waals surface area contributed by atoms with E-state index in [2.05, 4.69) is 6.92 Å². The van der Waals surface area contributed by atoms with Gasteiger partial charge in [-0.25, -0.2) is 12.8 Å². The summed E-state index contributed by atoms with van der Waals surface area (Å²) in [6.07, 6.45) is 4.38. The van der Waals surface area contributed by atoms with Crippen LogP contribution in [0, 0.1) is 5.82 Å². The van der Waals surface area contributed by atoms with Crippen LogP contribution in [0.2, 0.25) is 5.02 Å². The minimum Gasteiger partial charge on any atom is -0.494 e. The van der Waals surface area contributed by atoms with E-state index in [4.69, 9.17) is 16.3 Å². The summed E-state index contributed by atoms with van der Waals surface area (Å²) in [4.78, 5) is 13.4. The second kappa shape index (κ2) is 10.4. The Morgan fingerprint density at radius 3 is 2.46 bits per heavy atom. The Bertz CT molecular complexity index is 905. The molecular formula is C19H22ClFN2O4S. The third-order valence-electron chi connectivity index (χ3n) is 3.87. The largest absolute Gasteiger partial charge is 0.494 e. The SMILES string of the molecule is CCCCCCOc1ccc(C(=O)NNS(=O)(=O)c2ccc(Cl)cc2F)cc1. The molecular weight excluding hydrogens is 407 g/mol. The van der Waals surface area contributed by atoms with Crippen LogP contribution in [-0.4, -0.2) is 20.9 Å². The zero-order chi connectivity index (χ0) is 20.6. The number of carbonyl (C=O) groups excluding carboxylic acids is 1. The molecule has 2 rings (SSSR count). The van der Waals surface area contributed by atoms with Gasteiger partial charge in [0, 0.05) is 10.6 Å². The van der Waals surface area contributed by atoms with Crippen LogP contribution in [0.5, 0.6) is 5.75 Å². The number of amides is 1. The van der Waals surface area contributed by atoms with Crippen molar-refractivity contribution in [1.82, 2.24) is 10.3 Å². The fourth-order valence-electron chi connectivity index (χ4n) is 2.36. The van der Waals surface area contributed by atoms with Crippen LogP contribution >= 0.6 is 11.6 Å². The number of hydrogen-bond acceptors (Lipinski definition) is 4. The van der Waals surface area contributed by atoms with E-state index in [0.29, 0.717) is 12.4 Å². The third kappa shape index (κ3) is 6.47. The molecule has 0 spiro atoms. The van der Waals surface area contributed by atoms with Gasteiger partial charge in [0.05, 0.1) is 6.61 Å². The Morgan fingerprint density at radius 1 is 1.11 bits per heavy atom. The predicted octanol–water partition coefficient (Wildman–Crippen LogP) is 4.06. The number of hydrogen-bond donors (Lipinski definition) is 2. The summed E-state index contributed by atoms with van der Waals surface area (Å²) < 4.78 is 43.6. The number of hydrazine groups is 1. The van der Waals surface area contributed by atoms with E-state index in [0.717, 1.165) is 37.8 Å². The fraction of sp³-hybridized carbons (Fsp3) is 0.316. The third-order valence-corrected chi connectivity index (χ3v) is 5.38. The lowest BCUT2D eigenvalue weighted by Crippen LogP contribution is -2.41. The van der Waals surface area contributed by atoms with E-state index in [1.807, 2.05) is 10.3 Å². The maximum atomic E-state index is 13.8. The zero-order valence-corrected chi connectivity index (χ0v) is 16.9. The molecule has 6 nitrogen and oxygen atoms in total. The highest BCUT2D eigenvalue weighted by Gasteiger charge is 2.20. The van der Waals surface area contributed by atoms with Gasteiger partial charge in [-0.2, -0.15) is 0 Å². The van der Waals surface area contributed by atoms with Gasteiger partial charge >= 0.3 is 0 Å². The molecule has 0 saturated carbocycles. The minimum absolute atomic E-state index is 0.0631. The van der Waals surface area contributed by atoms with Crippen LogP contribution in [-0.2, 0) is 10.0 Å². The average molecular weight is 429 g/mol. The minimum atomic E-state index is -4.28. The van der Waals surface area contributed by atoms with E-state index in [1.165, 1.54) is 18.2 Å². The van der Waals surface area contributed by atoms with Gasteiger partial charge in [-0.05, 0) is 48.9 Å². The maximum Gasteiger partial charge on any atom is 0.266 e. The summed E-state index contributed by atoms with van der Waals surface area (Å²) in [5.41, 5.74) is 2.27. The molecule has 0 aromatic heterocycles. The highest BCUT2D eigenvalue weighted by atomic mass is 35.5. The van der Waals surface area contributed by atoms with Crippen molar-refractivity contribution in [2.24, 2.45) is 0 Å². The summed E-state index contributed by atoms with van der Waals surface area (Å²) in [6.45, 7) is 2.73. The molecule has 9 heteroatoms. The molecule has 0 fully saturated rings. The first-order valence-corrected chi connectivity index (χ1v) is 10.7. The molecule has 0 aliphatic rings. The summed E-state index contributed by atoms with van der Waals surface area (Å²) in [7, 11) is -4.28. The van der Waals surface area contributed by atoms with Crippen molar-refractivity contribution in [2.75, 3.05) is 6.61 Å². The molecule has 28 heavy (non-hydrogen) atoms. The monoisotopic (exact) mass is 428 g/mol. The zero-order valence-electron chi connectivity index (χ0n) is 15.4. The van der Waals surface area contributed by atoms with Gasteiger partial charge in [-0.15, -0.1) is 4.83 Å². The van der Waals surface area contributed by atoms with Crippen molar-refractivity contribution in [2.45, 2.75) is 37.5 Å². The summed E-state index contributed by atoms with van der Waals surface area (Å²) >= 11 is 5.61. The van der Waals surface area contributed by atoms with Gasteiger partial charge in [0.2, 0.25) is 0 Å². The second-order valence-electron chi connectivity index (χ2n) is 6.07. The van der Waals surface area contributed by atoms with Gasteiger partial charge in [0.25, 0.3) is 15.9 Å². The van der Waals surface area contributed by atoms with E-state index in [9.17, 15) is 17.6 Å². The molecule has 0 aliphatic carbocycles. The van der Waals surface area contributed by atoms with Crippen molar-refractivity contribution in [1.29, 1.82) is 0 Å². The number of halogens is 2. The lowest BCUT2D eigenvalue weighted by Gasteiger charge is -2.10. The summed E-state index contributed by atoms with van der Waals surface area (Å²) in [6, 6.07) is 9.39. The maximum absolute atomic E-state index is 13.8. The molecule has 2 aromatic carbocycles. The van der Waals surface area contributed by atoms with E-state index >= 15 is 0 Å². The predicted molar refractivity (Wildman–Crippen MR) is 105 cm³/mol. The fourth-order valence-corrected chi connectivity index (χ4v) is 3.41. The van der Waals surface area contributed by atoms with Crippen molar-refractivity contribution in [3.8, 4) is 5.75 Å². The molecule has 0 saturated heterocycles. The van der Waals surface area contributed by atoms with Crippen molar-refractivity contribution in [3.63, 3.8) is 0 Å². The van der Waals surface area contributed by atoms with Crippen LogP contribution in [0.1, 0.15) is 43.0 Å². The number of sulfonamides is 1.